The molecule has 0 bridgehead atoms. The first-order valence-corrected chi connectivity index (χ1v) is 33.7. The average molecular weight is 1100 g/mol. The van der Waals surface area contributed by atoms with Crippen molar-refractivity contribution in [3.05, 3.63) is 97.2 Å². The van der Waals surface area contributed by atoms with Gasteiger partial charge in [-0.3, -0.25) is 14.4 Å². The van der Waals surface area contributed by atoms with E-state index in [1.807, 2.05) is 0 Å². The van der Waals surface area contributed by atoms with Crippen LogP contribution in [0.4, 0.5) is 0 Å². The van der Waals surface area contributed by atoms with Gasteiger partial charge in [0.05, 0.1) is 0 Å². The fourth-order valence-electron chi connectivity index (χ4n) is 9.54. The van der Waals surface area contributed by atoms with Crippen LogP contribution in [-0.4, -0.2) is 37.2 Å². The number of allylic oxidation sites excluding steroid dienone is 16. The predicted octanol–water partition coefficient (Wildman–Crippen LogP) is 23.2. The molecule has 0 aromatic heterocycles. The molecule has 79 heavy (non-hydrogen) atoms. The Morgan fingerprint density at radius 2 is 0.494 bits per heavy atom. The highest BCUT2D eigenvalue weighted by Gasteiger charge is 2.19. The molecular weight excluding hydrogens is 973 g/mol. The van der Waals surface area contributed by atoms with Crippen LogP contribution in [0.15, 0.2) is 97.2 Å². The lowest BCUT2D eigenvalue weighted by molar-refractivity contribution is -0.167. The Balaban J connectivity index is 4.10. The first-order valence-electron chi connectivity index (χ1n) is 33.7. The number of esters is 3. The summed E-state index contributed by atoms with van der Waals surface area (Å²) in [4.78, 5) is 38.2. The van der Waals surface area contributed by atoms with E-state index in [2.05, 4.69) is 118 Å². The first kappa shape index (κ1) is 75.3. The number of hydrogen-bond acceptors (Lipinski definition) is 6. The van der Waals surface area contributed by atoms with Crippen LogP contribution >= 0.6 is 0 Å². The van der Waals surface area contributed by atoms with Crippen molar-refractivity contribution in [3.8, 4) is 0 Å². The molecular formula is C73H126O6. The third-order valence-corrected chi connectivity index (χ3v) is 14.6. The number of ether oxygens (including phenoxy) is 3. The Hall–Kier alpha value is -3.67. The van der Waals surface area contributed by atoms with Crippen molar-refractivity contribution in [3.63, 3.8) is 0 Å². The highest BCUT2D eigenvalue weighted by molar-refractivity contribution is 5.71. The SMILES string of the molecule is CC/C=C\C/C=C\C/C=C\C/C=C\C/C=C\C/C=C\CCCCCCCCCCCCCCCCCCC(=O)OCC(COC(=O)CCCCCCCCCCCC)OC(=O)CCCCCCC/C=C\C/C=C\CCCCCC. The molecule has 6 nitrogen and oxygen atoms in total. The summed E-state index contributed by atoms with van der Waals surface area (Å²) in [7, 11) is 0. The minimum Gasteiger partial charge on any atom is -0.462 e. The lowest BCUT2D eigenvalue weighted by Crippen LogP contribution is -2.30. The van der Waals surface area contributed by atoms with Gasteiger partial charge in [0, 0.05) is 19.3 Å². The molecule has 0 aromatic carbocycles. The quantitative estimate of drug-likeness (QED) is 0.0261. The van der Waals surface area contributed by atoms with E-state index in [9.17, 15) is 14.4 Å². The third kappa shape index (κ3) is 65.0. The summed E-state index contributed by atoms with van der Waals surface area (Å²) in [5.41, 5.74) is 0. The monoisotopic (exact) mass is 1100 g/mol. The fourth-order valence-corrected chi connectivity index (χ4v) is 9.54. The Morgan fingerprint density at radius 1 is 0.266 bits per heavy atom. The van der Waals surface area contributed by atoms with Crippen molar-refractivity contribution in [2.75, 3.05) is 13.2 Å². The van der Waals surface area contributed by atoms with E-state index in [1.54, 1.807) is 0 Å². The molecule has 0 rings (SSSR count). The number of carbonyl (C=O) groups is 3. The van der Waals surface area contributed by atoms with Gasteiger partial charge in [-0.05, 0) is 103 Å². The van der Waals surface area contributed by atoms with E-state index in [4.69, 9.17) is 14.2 Å². The maximum atomic E-state index is 12.9. The van der Waals surface area contributed by atoms with E-state index < -0.39 is 6.10 Å². The van der Waals surface area contributed by atoms with E-state index in [-0.39, 0.29) is 31.1 Å². The molecule has 0 aliphatic rings. The summed E-state index contributed by atoms with van der Waals surface area (Å²) in [5.74, 6) is -0.881. The summed E-state index contributed by atoms with van der Waals surface area (Å²) < 4.78 is 16.9. The summed E-state index contributed by atoms with van der Waals surface area (Å²) in [5, 5.41) is 0. The molecule has 0 saturated heterocycles. The average Bonchev–Trinajstić information content (AvgIpc) is 3.45. The van der Waals surface area contributed by atoms with Crippen molar-refractivity contribution < 1.29 is 28.6 Å². The van der Waals surface area contributed by atoms with Gasteiger partial charge in [0.2, 0.25) is 0 Å². The third-order valence-electron chi connectivity index (χ3n) is 14.6. The second-order valence-corrected chi connectivity index (χ2v) is 22.4. The molecule has 454 valence electrons. The summed E-state index contributed by atoms with van der Waals surface area (Å²) in [6.45, 7) is 6.51. The normalized spacial score (nSPS) is 12.7. The largest absolute Gasteiger partial charge is 0.462 e. The van der Waals surface area contributed by atoms with Crippen molar-refractivity contribution in [2.45, 2.75) is 335 Å². The van der Waals surface area contributed by atoms with Crippen molar-refractivity contribution in [1.29, 1.82) is 0 Å². The topological polar surface area (TPSA) is 78.9 Å². The minimum absolute atomic E-state index is 0.0782. The van der Waals surface area contributed by atoms with Crippen LogP contribution in [0, 0.1) is 0 Å². The van der Waals surface area contributed by atoms with Crippen LogP contribution in [0.2, 0.25) is 0 Å². The molecule has 0 spiro atoms. The first-order chi connectivity index (χ1) is 39.0. The zero-order valence-electron chi connectivity index (χ0n) is 52.1. The predicted molar refractivity (Wildman–Crippen MR) is 344 cm³/mol. The molecule has 0 radical (unpaired) electrons. The zero-order chi connectivity index (χ0) is 57.1. The Labute approximate surface area is 489 Å². The molecule has 0 aliphatic carbocycles. The van der Waals surface area contributed by atoms with Crippen molar-refractivity contribution >= 4 is 17.9 Å². The molecule has 0 amide bonds. The van der Waals surface area contributed by atoms with Gasteiger partial charge in [-0.2, -0.15) is 0 Å². The van der Waals surface area contributed by atoms with Crippen LogP contribution in [0.5, 0.6) is 0 Å². The van der Waals surface area contributed by atoms with Gasteiger partial charge in [-0.25, -0.2) is 0 Å². The molecule has 0 fully saturated rings. The summed E-state index contributed by atoms with van der Waals surface area (Å²) in [6, 6.07) is 0. The summed E-state index contributed by atoms with van der Waals surface area (Å²) >= 11 is 0. The van der Waals surface area contributed by atoms with Crippen molar-refractivity contribution in [1.82, 2.24) is 0 Å². The second kappa shape index (κ2) is 66.8. The van der Waals surface area contributed by atoms with Gasteiger partial charge < -0.3 is 14.2 Å². The van der Waals surface area contributed by atoms with E-state index in [0.29, 0.717) is 19.3 Å². The minimum atomic E-state index is -0.781. The fraction of sp³-hybridized carbons (Fsp3) is 0.740. The van der Waals surface area contributed by atoms with Crippen molar-refractivity contribution in [2.24, 2.45) is 0 Å². The van der Waals surface area contributed by atoms with E-state index in [0.717, 1.165) is 122 Å². The highest BCUT2D eigenvalue weighted by Crippen LogP contribution is 2.17. The van der Waals surface area contributed by atoms with Gasteiger partial charge in [0.1, 0.15) is 13.2 Å². The molecule has 0 aliphatic heterocycles. The van der Waals surface area contributed by atoms with Crippen LogP contribution in [-0.2, 0) is 28.6 Å². The van der Waals surface area contributed by atoms with Crippen LogP contribution in [0.25, 0.3) is 0 Å². The Morgan fingerprint density at radius 3 is 0.785 bits per heavy atom. The van der Waals surface area contributed by atoms with Crippen LogP contribution in [0.1, 0.15) is 329 Å². The van der Waals surface area contributed by atoms with Gasteiger partial charge in [-0.15, -0.1) is 0 Å². The Kier molecular flexibility index (Phi) is 63.7. The lowest BCUT2D eigenvalue weighted by Gasteiger charge is -2.18. The van der Waals surface area contributed by atoms with Gasteiger partial charge in [0.25, 0.3) is 0 Å². The number of carbonyl (C=O) groups excluding carboxylic acids is 3. The van der Waals surface area contributed by atoms with Gasteiger partial charge in [-0.1, -0.05) is 304 Å². The number of unbranched alkanes of at least 4 members (excludes halogenated alkanes) is 34. The molecule has 1 atom stereocenters. The second-order valence-electron chi connectivity index (χ2n) is 22.4. The lowest BCUT2D eigenvalue weighted by atomic mass is 10.0. The standard InChI is InChI=1S/C73H126O6/c1-4-7-10-13-16-19-22-24-26-28-29-30-31-32-33-34-35-36-37-38-39-40-41-42-43-44-45-46-48-49-51-54-57-60-63-66-72(75)78-69-70(68-77-71(74)65-62-59-56-53-21-18-15-12-9-6-3)79-73(76)67-64-61-58-55-52-50-47-27-25-23-20-17-14-11-8-5-2/h7,10,16,19-20,23-24,26-27,29-30,32-33,35-36,47,70H,4-6,8-9,11-15,17-18,21-22,25,28,31,34,37-46,48-69H2,1-3H3/b10-7-,19-16-,23-20-,26-24-,30-29-,33-32-,36-35-,47-27-. The van der Waals surface area contributed by atoms with Crippen LogP contribution < -0.4 is 0 Å². The number of rotatable bonds is 61. The van der Waals surface area contributed by atoms with Gasteiger partial charge >= 0.3 is 17.9 Å². The Bertz CT molecular complexity index is 1540. The molecule has 0 heterocycles. The molecule has 6 heteroatoms. The maximum Gasteiger partial charge on any atom is 0.306 e. The zero-order valence-corrected chi connectivity index (χ0v) is 52.1. The van der Waals surface area contributed by atoms with Crippen LogP contribution in [0.3, 0.4) is 0 Å². The highest BCUT2D eigenvalue weighted by atomic mass is 16.6. The van der Waals surface area contributed by atoms with E-state index in [1.165, 1.54) is 167 Å². The molecule has 0 saturated carbocycles. The van der Waals surface area contributed by atoms with Gasteiger partial charge in [0.15, 0.2) is 6.10 Å². The maximum absolute atomic E-state index is 12.9. The molecule has 1 unspecified atom stereocenters. The number of hydrogen-bond donors (Lipinski definition) is 0. The van der Waals surface area contributed by atoms with E-state index >= 15 is 0 Å². The smallest absolute Gasteiger partial charge is 0.306 e. The molecule has 0 aromatic rings. The summed E-state index contributed by atoms with van der Waals surface area (Å²) in [6.07, 6.45) is 90.1. The molecule has 0 N–H and O–H groups in total.